The van der Waals surface area contributed by atoms with Gasteiger partial charge in [-0.05, 0) is 31.5 Å². The van der Waals surface area contributed by atoms with Gasteiger partial charge in [-0.3, -0.25) is 4.79 Å². The number of aryl methyl sites for hydroxylation is 1. The molecule has 1 amide bonds. The van der Waals surface area contributed by atoms with E-state index >= 15 is 0 Å². The number of nitrogens with one attached hydrogen (secondary N) is 1. The van der Waals surface area contributed by atoms with Crippen molar-refractivity contribution in [2.45, 2.75) is 26.7 Å². The van der Waals surface area contributed by atoms with Gasteiger partial charge in [0.25, 0.3) is 5.91 Å². The Morgan fingerprint density at radius 3 is 2.65 bits per heavy atom. The molecule has 2 rings (SSSR count). The fraction of sp³-hybridized carbons (Fsp3) is 0.412. The van der Waals surface area contributed by atoms with Gasteiger partial charge in [0.15, 0.2) is 11.5 Å². The third-order valence-corrected chi connectivity index (χ3v) is 4.65. The molecule has 1 aromatic heterocycles. The van der Waals surface area contributed by atoms with Crippen LogP contribution < -0.4 is 14.8 Å². The number of methoxy groups -OCH3 is 2. The summed E-state index contributed by atoms with van der Waals surface area (Å²) in [6.07, 6.45) is 2.03. The van der Waals surface area contributed by atoms with Gasteiger partial charge >= 0.3 is 0 Å². The molecule has 0 atom stereocenters. The number of nitrogens with zero attached hydrogens (tertiary/aromatic N) is 1. The van der Waals surface area contributed by atoms with Gasteiger partial charge < -0.3 is 14.8 Å². The molecule has 1 heterocycles. The number of unbranched alkanes of at least 4 members (excludes halogenated alkanes) is 1. The average molecular weight is 334 g/mol. The van der Waals surface area contributed by atoms with Gasteiger partial charge in [-0.25, -0.2) is 4.98 Å². The predicted octanol–water partition coefficient (Wildman–Crippen LogP) is 3.67. The van der Waals surface area contributed by atoms with Gasteiger partial charge in [0.2, 0.25) is 0 Å². The molecule has 0 saturated carbocycles. The van der Waals surface area contributed by atoms with Gasteiger partial charge in [-0.15, -0.1) is 11.3 Å². The van der Waals surface area contributed by atoms with Gasteiger partial charge in [0, 0.05) is 12.1 Å². The first-order chi connectivity index (χ1) is 11.1. The molecule has 0 saturated heterocycles. The Balaban J connectivity index is 2.25. The van der Waals surface area contributed by atoms with Crippen LogP contribution in [0.3, 0.4) is 0 Å². The van der Waals surface area contributed by atoms with E-state index in [-0.39, 0.29) is 5.91 Å². The molecule has 2 aromatic rings. The van der Waals surface area contributed by atoms with E-state index in [4.69, 9.17) is 9.47 Å². The van der Waals surface area contributed by atoms with Crippen molar-refractivity contribution in [3.63, 3.8) is 0 Å². The molecule has 0 spiro atoms. The van der Waals surface area contributed by atoms with Crippen molar-refractivity contribution in [2.75, 3.05) is 20.8 Å². The molecule has 0 aliphatic heterocycles. The quantitative estimate of drug-likeness (QED) is 0.785. The fourth-order valence-corrected chi connectivity index (χ4v) is 3.14. The van der Waals surface area contributed by atoms with Crippen LogP contribution in [-0.2, 0) is 0 Å². The van der Waals surface area contributed by atoms with Crippen LogP contribution in [0.25, 0.3) is 10.6 Å². The molecule has 6 heteroatoms. The number of aromatic nitrogens is 1. The minimum absolute atomic E-state index is 0.0554. The SMILES string of the molecule is CCCCNC(=O)c1sc(-c2ccc(OC)c(OC)c2)nc1C. The number of carbonyl (C=O) groups excluding carboxylic acids is 1. The number of hydrogen-bond acceptors (Lipinski definition) is 5. The predicted molar refractivity (Wildman–Crippen MR) is 92.6 cm³/mol. The second kappa shape index (κ2) is 7.97. The van der Waals surface area contributed by atoms with E-state index in [1.807, 2.05) is 25.1 Å². The molecule has 0 aliphatic carbocycles. The van der Waals surface area contributed by atoms with Crippen LogP contribution in [0.15, 0.2) is 18.2 Å². The number of rotatable bonds is 7. The Bertz CT molecular complexity index is 682. The summed E-state index contributed by atoms with van der Waals surface area (Å²) in [6, 6.07) is 5.63. The molecule has 0 unspecified atom stereocenters. The monoisotopic (exact) mass is 334 g/mol. The molecule has 0 bridgehead atoms. The van der Waals surface area contributed by atoms with Crippen molar-refractivity contribution in [3.8, 4) is 22.1 Å². The zero-order chi connectivity index (χ0) is 16.8. The Labute approximate surface area is 140 Å². The highest BCUT2D eigenvalue weighted by Gasteiger charge is 2.17. The second-order valence-corrected chi connectivity index (χ2v) is 6.11. The highest BCUT2D eigenvalue weighted by Crippen LogP contribution is 2.34. The molecule has 1 N–H and O–H groups in total. The molecule has 1 aromatic carbocycles. The molecule has 124 valence electrons. The third kappa shape index (κ3) is 4.01. The lowest BCUT2D eigenvalue weighted by atomic mass is 10.2. The van der Waals surface area contributed by atoms with Crippen molar-refractivity contribution >= 4 is 17.2 Å². The minimum atomic E-state index is -0.0554. The van der Waals surface area contributed by atoms with Crippen LogP contribution in [0, 0.1) is 6.92 Å². The molecule has 5 nitrogen and oxygen atoms in total. The van der Waals surface area contributed by atoms with E-state index < -0.39 is 0 Å². The second-order valence-electron chi connectivity index (χ2n) is 5.11. The van der Waals surface area contributed by atoms with E-state index in [9.17, 15) is 4.79 Å². The number of thiazole rings is 1. The normalized spacial score (nSPS) is 10.4. The van der Waals surface area contributed by atoms with E-state index in [1.54, 1.807) is 14.2 Å². The van der Waals surface area contributed by atoms with Crippen molar-refractivity contribution in [3.05, 3.63) is 28.8 Å². The third-order valence-electron chi connectivity index (χ3n) is 3.45. The number of benzene rings is 1. The lowest BCUT2D eigenvalue weighted by molar-refractivity contribution is 0.0956. The van der Waals surface area contributed by atoms with E-state index in [1.165, 1.54) is 11.3 Å². The van der Waals surface area contributed by atoms with Crippen LogP contribution >= 0.6 is 11.3 Å². The molecule has 0 aliphatic rings. The van der Waals surface area contributed by atoms with Crippen LogP contribution in [0.2, 0.25) is 0 Å². The summed E-state index contributed by atoms with van der Waals surface area (Å²) >= 11 is 1.39. The van der Waals surface area contributed by atoms with Crippen LogP contribution in [0.5, 0.6) is 11.5 Å². The van der Waals surface area contributed by atoms with Crippen molar-refractivity contribution < 1.29 is 14.3 Å². The number of hydrogen-bond donors (Lipinski definition) is 1. The topological polar surface area (TPSA) is 60.5 Å². The van der Waals surface area contributed by atoms with Crippen molar-refractivity contribution in [2.24, 2.45) is 0 Å². The lowest BCUT2D eigenvalue weighted by Crippen LogP contribution is -2.24. The molecule has 23 heavy (non-hydrogen) atoms. The van der Waals surface area contributed by atoms with Crippen molar-refractivity contribution in [1.82, 2.24) is 10.3 Å². The van der Waals surface area contributed by atoms with Gasteiger partial charge in [0.1, 0.15) is 9.88 Å². The van der Waals surface area contributed by atoms with E-state index in [0.29, 0.717) is 22.9 Å². The Morgan fingerprint density at radius 2 is 2.00 bits per heavy atom. The standard InChI is InChI=1S/C17H22N2O3S/c1-5-6-9-18-16(20)15-11(2)19-17(23-15)12-7-8-13(21-3)14(10-12)22-4/h7-8,10H,5-6,9H2,1-4H3,(H,18,20). The minimum Gasteiger partial charge on any atom is -0.493 e. The maximum Gasteiger partial charge on any atom is 0.263 e. The zero-order valence-corrected chi connectivity index (χ0v) is 14.8. The van der Waals surface area contributed by atoms with Crippen molar-refractivity contribution in [1.29, 1.82) is 0 Å². The van der Waals surface area contributed by atoms with E-state index in [0.717, 1.165) is 29.1 Å². The van der Waals surface area contributed by atoms with Crippen LogP contribution in [-0.4, -0.2) is 31.7 Å². The Morgan fingerprint density at radius 1 is 1.26 bits per heavy atom. The maximum atomic E-state index is 12.2. The van der Waals surface area contributed by atoms with Gasteiger partial charge in [0.05, 0.1) is 19.9 Å². The number of amides is 1. The molecule has 0 radical (unpaired) electrons. The van der Waals surface area contributed by atoms with Gasteiger partial charge in [-0.2, -0.15) is 0 Å². The highest BCUT2D eigenvalue weighted by atomic mass is 32.1. The first-order valence-corrected chi connectivity index (χ1v) is 8.40. The summed E-state index contributed by atoms with van der Waals surface area (Å²) in [4.78, 5) is 17.4. The average Bonchev–Trinajstić information content (AvgIpc) is 2.96. The van der Waals surface area contributed by atoms with Gasteiger partial charge in [-0.1, -0.05) is 13.3 Å². The number of carbonyl (C=O) groups is 1. The summed E-state index contributed by atoms with van der Waals surface area (Å²) in [7, 11) is 3.20. The molecular formula is C17H22N2O3S. The summed E-state index contributed by atoms with van der Waals surface area (Å²) in [5.41, 5.74) is 1.65. The van der Waals surface area contributed by atoms with Crippen LogP contribution in [0.1, 0.15) is 35.1 Å². The Hall–Kier alpha value is -2.08. The summed E-state index contributed by atoms with van der Waals surface area (Å²) in [6.45, 7) is 4.65. The summed E-state index contributed by atoms with van der Waals surface area (Å²) < 4.78 is 10.6. The first-order valence-electron chi connectivity index (χ1n) is 7.58. The first kappa shape index (κ1) is 17.3. The largest absolute Gasteiger partial charge is 0.493 e. The summed E-state index contributed by atoms with van der Waals surface area (Å²) in [5.74, 6) is 1.26. The summed E-state index contributed by atoms with van der Waals surface area (Å²) in [5, 5.41) is 3.73. The number of ether oxygens (including phenoxy) is 2. The van der Waals surface area contributed by atoms with Crippen LogP contribution in [0.4, 0.5) is 0 Å². The molecule has 0 fully saturated rings. The fourth-order valence-electron chi connectivity index (χ4n) is 2.16. The highest BCUT2D eigenvalue weighted by molar-refractivity contribution is 7.17. The van der Waals surface area contributed by atoms with E-state index in [2.05, 4.69) is 17.2 Å². The Kier molecular flexibility index (Phi) is 5.98. The molecular weight excluding hydrogens is 312 g/mol. The zero-order valence-electron chi connectivity index (χ0n) is 13.9. The lowest BCUT2D eigenvalue weighted by Gasteiger charge is -2.08. The maximum absolute atomic E-state index is 12.2. The smallest absolute Gasteiger partial charge is 0.263 e.